The Morgan fingerprint density at radius 1 is 1.18 bits per heavy atom. The summed E-state index contributed by atoms with van der Waals surface area (Å²) in [5, 5.41) is 9.08. The molecule has 98 valence electrons. The maximum Gasteiger partial charge on any atom is 0.306 e. The first-order chi connectivity index (χ1) is 8.08. The molecule has 1 heterocycles. The number of hydrogen-bond donors (Lipinski definition) is 1. The molecule has 0 aromatic heterocycles. The molecule has 0 spiro atoms. The van der Waals surface area contributed by atoms with Gasteiger partial charge in [-0.3, -0.25) is 9.69 Å². The molecule has 3 nitrogen and oxygen atoms in total. The molecule has 0 radical (unpaired) electrons. The van der Waals surface area contributed by atoms with Crippen LogP contribution in [0.25, 0.3) is 0 Å². The lowest BCUT2D eigenvalue weighted by Gasteiger charge is -2.44. The molecule has 0 aromatic rings. The minimum absolute atomic E-state index is 0.109. The first-order valence-electron chi connectivity index (χ1n) is 7.06. The van der Waals surface area contributed by atoms with Crippen molar-refractivity contribution in [3.8, 4) is 0 Å². The van der Waals surface area contributed by atoms with Crippen LogP contribution in [0.15, 0.2) is 0 Å². The first kappa shape index (κ1) is 12.9. The number of carboxylic acids is 1. The van der Waals surface area contributed by atoms with Crippen LogP contribution < -0.4 is 0 Å². The van der Waals surface area contributed by atoms with Crippen LogP contribution in [0.3, 0.4) is 0 Å². The van der Waals surface area contributed by atoms with Crippen molar-refractivity contribution in [2.75, 3.05) is 6.54 Å². The molecule has 1 saturated carbocycles. The summed E-state index contributed by atoms with van der Waals surface area (Å²) < 4.78 is 0. The van der Waals surface area contributed by atoms with E-state index in [1.807, 2.05) is 0 Å². The van der Waals surface area contributed by atoms with E-state index in [1.165, 1.54) is 25.7 Å². The summed E-state index contributed by atoms with van der Waals surface area (Å²) in [5.41, 5.74) is 0. The smallest absolute Gasteiger partial charge is 0.306 e. The third-order valence-corrected chi connectivity index (χ3v) is 4.65. The highest BCUT2D eigenvalue weighted by atomic mass is 16.4. The molecule has 1 N–H and O–H groups in total. The molecule has 1 aliphatic carbocycles. The molecule has 2 rings (SSSR count). The van der Waals surface area contributed by atoms with Gasteiger partial charge in [0.15, 0.2) is 0 Å². The number of hydrogen-bond acceptors (Lipinski definition) is 2. The van der Waals surface area contributed by atoms with E-state index >= 15 is 0 Å². The minimum Gasteiger partial charge on any atom is -0.481 e. The van der Waals surface area contributed by atoms with Gasteiger partial charge in [-0.05, 0) is 45.1 Å². The van der Waals surface area contributed by atoms with Gasteiger partial charge in [-0.1, -0.05) is 19.8 Å². The summed E-state index contributed by atoms with van der Waals surface area (Å²) in [6.45, 7) is 5.53. The van der Waals surface area contributed by atoms with Gasteiger partial charge >= 0.3 is 5.97 Å². The summed E-state index contributed by atoms with van der Waals surface area (Å²) in [5.74, 6) is 0.133. The Kier molecular flexibility index (Phi) is 4.08. The van der Waals surface area contributed by atoms with E-state index in [0.29, 0.717) is 12.1 Å². The third-order valence-electron chi connectivity index (χ3n) is 4.65. The fourth-order valence-electron chi connectivity index (χ4n) is 3.66. The number of piperidine rings is 1. The molecule has 1 saturated heterocycles. The zero-order chi connectivity index (χ0) is 12.4. The number of likely N-dealkylation sites (tertiary alicyclic amines) is 1. The Balaban J connectivity index is 1.92. The fourth-order valence-corrected chi connectivity index (χ4v) is 3.66. The Hall–Kier alpha value is -0.570. The van der Waals surface area contributed by atoms with Gasteiger partial charge in [0.2, 0.25) is 0 Å². The molecule has 4 unspecified atom stereocenters. The van der Waals surface area contributed by atoms with Crippen molar-refractivity contribution in [2.45, 2.75) is 64.5 Å². The minimum atomic E-state index is -0.603. The second-order valence-corrected chi connectivity index (χ2v) is 6.07. The average molecular weight is 239 g/mol. The second kappa shape index (κ2) is 5.38. The van der Waals surface area contributed by atoms with Crippen LogP contribution in [-0.4, -0.2) is 34.6 Å². The molecular formula is C14H25NO2. The van der Waals surface area contributed by atoms with E-state index in [2.05, 4.69) is 18.7 Å². The van der Waals surface area contributed by atoms with Gasteiger partial charge in [-0.2, -0.15) is 0 Å². The molecule has 3 heteroatoms. The van der Waals surface area contributed by atoms with Crippen LogP contribution in [0.1, 0.15) is 52.4 Å². The maximum atomic E-state index is 11.0. The highest BCUT2D eigenvalue weighted by molar-refractivity contribution is 5.70. The van der Waals surface area contributed by atoms with Crippen molar-refractivity contribution >= 4 is 5.97 Å². The monoisotopic (exact) mass is 239 g/mol. The lowest BCUT2D eigenvalue weighted by atomic mass is 9.83. The summed E-state index contributed by atoms with van der Waals surface area (Å²) in [4.78, 5) is 13.6. The second-order valence-electron chi connectivity index (χ2n) is 6.07. The number of rotatable bonds is 2. The fraction of sp³-hybridized carbons (Fsp3) is 0.929. The predicted molar refractivity (Wildman–Crippen MR) is 67.9 cm³/mol. The first-order valence-corrected chi connectivity index (χ1v) is 7.06. The molecule has 2 fully saturated rings. The lowest BCUT2D eigenvalue weighted by Crippen LogP contribution is -2.49. The summed E-state index contributed by atoms with van der Waals surface area (Å²) >= 11 is 0. The molecule has 0 amide bonds. The van der Waals surface area contributed by atoms with Crippen molar-refractivity contribution in [2.24, 2.45) is 11.8 Å². The van der Waals surface area contributed by atoms with Gasteiger partial charge in [0.25, 0.3) is 0 Å². The third kappa shape index (κ3) is 3.01. The number of nitrogens with zero attached hydrogens (tertiary/aromatic N) is 1. The molecule has 0 bridgehead atoms. The Morgan fingerprint density at radius 3 is 2.53 bits per heavy atom. The van der Waals surface area contributed by atoms with E-state index in [0.717, 1.165) is 25.3 Å². The van der Waals surface area contributed by atoms with Crippen molar-refractivity contribution < 1.29 is 9.90 Å². The topological polar surface area (TPSA) is 40.5 Å². The van der Waals surface area contributed by atoms with E-state index in [4.69, 9.17) is 5.11 Å². The summed E-state index contributed by atoms with van der Waals surface area (Å²) in [6.07, 6.45) is 7.01. The van der Waals surface area contributed by atoms with E-state index < -0.39 is 5.97 Å². The number of carbonyl (C=O) groups is 1. The zero-order valence-electron chi connectivity index (χ0n) is 11.1. The van der Waals surface area contributed by atoms with E-state index in [-0.39, 0.29) is 5.92 Å². The van der Waals surface area contributed by atoms with E-state index in [1.54, 1.807) is 0 Å². The van der Waals surface area contributed by atoms with Gasteiger partial charge in [0, 0.05) is 12.1 Å². The van der Waals surface area contributed by atoms with Crippen molar-refractivity contribution in [1.29, 1.82) is 0 Å². The Labute approximate surface area is 104 Å². The highest BCUT2D eigenvalue weighted by Gasteiger charge is 2.34. The van der Waals surface area contributed by atoms with Crippen LogP contribution in [0.5, 0.6) is 0 Å². The normalized spacial score (nSPS) is 40.1. The van der Waals surface area contributed by atoms with Gasteiger partial charge in [0.1, 0.15) is 0 Å². The van der Waals surface area contributed by atoms with Gasteiger partial charge in [-0.25, -0.2) is 0 Å². The van der Waals surface area contributed by atoms with Crippen LogP contribution in [0, 0.1) is 11.8 Å². The quantitative estimate of drug-likeness (QED) is 0.805. The SMILES string of the molecule is CC1CCCC(N2CCC(C(=O)O)CC2C)C1. The van der Waals surface area contributed by atoms with Gasteiger partial charge in [-0.15, -0.1) is 0 Å². The predicted octanol–water partition coefficient (Wildman–Crippen LogP) is 2.75. The zero-order valence-corrected chi connectivity index (χ0v) is 11.1. The van der Waals surface area contributed by atoms with Crippen molar-refractivity contribution in [1.82, 2.24) is 4.90 Å². The number of aliphatic carboxylic acids is 1. The summed E-state index contributed by atoms with van der Waals surface area (Å²) in [6, 6.07) is 1.16. The number of carboxylic acid groups (broad SMARTS) is 1. The standard InChI is InChI=1S/C14H25NO2/c1-10-4-3-5-13(8-10)15-7-6-12(14(16)17)9-11(15)2/h10-13H,3-9H2,1-2H3,(H,16,17). The molecular weight excluding hydrogens is 214 g/mol. The van der Waals surface area contributed by atoms with Crippen LogP contribution in [0.4, 0.5) is 0 Å². The maximum absolute atomic E-state index is 11.0. The Morgan fingerprint density at radius 2 is 1.94 bits per heavy atom. The molecule has 2 aliphatic rings. The van der Waals surface area contributed by atoms with Crippen LogP contribution in [0.2, 0.25) is 0 Å². The summed E-state index contributed by atoms with van der Waals surface area (Å²) in [7, 11) is 0. The highest BCUT2D eigenvalue weighted by Crippen LogP contribution is 2.32. The molecule has 4 atom stereocenters. The molecule has 17 heavy (non-hydrogen) atoms. The van der Waals surface area contributed by atoms with Crippen LogP contribution >= 0.6 is 0 Å². The lowest BCUT2D eigenvalue weighted by molar-refractivity contribution is -0.144. The van der Waals surface area contributed by atoms with Crippen molar-refractivity contribution in [3.63, 3.8) is 0 Å². The molecule has 0 aromatic carbocycles. The van der Waals surface area contributed by atoms with Gasteiger partial charge < -0.3 is 5.11 Å². The molecule has 1 aliphatic heterocycles. The Bertz CT molecular complexity index is 279. The van der Waals surface area contributed by atoms with Crippen molar-refractivity contribution in [3.05, 3.63) is 0 Å². The largest absolute Gasteiger partial charge is 0.481 e. The van der Waals surface area contributed by atoms with E-state index in [9.17, 15) is 4.79 Å². The van der Waals surface area contributed by atoms with Gasteiger partial charge in [0.05, 0.1) is 5.92 Å². The average Bonchev–Trinajstić information content (AvgIpc) is 2.28. The van der Waals surface area contributed by atoms with Crippen LogP contribution in [-0.2, 0) is 4.79 Å².